The first-order valence-corrected chi connectivity index (χ1v) is 7.53. The van der Waals surface area contributed by atoms with Crippen molar-refractivity contribution < 1.29 is 22.7 Å². The van der Waals surface area contributed by atoms with Crippen LogP contribution in [0.25, 0.3) is 0 Å². The van der Waals surface area contributed by atoms with E-state index >= 15 is 0 Å². The van der Waals surface area contributed by atoms with Gasteiger partial charge >= 0.3 is 6.18 Å². The number of nitrogens with zero attached hydrogens (tertiary/aromatic N) is 1. The van der Waals surface area contributed by atoms with Gasteiger partial charge < -0.3 is 15.4 Å². The monoisotopic (exact) mass is 310 g/mol. The number of carbonyl (C=O) groups is 1. The molecule has 1 saturated carbocycles. The quantitative estimate of drug-likeness (QED) is 0.735. The fraction of sp³-hybridized carbons (Fsp3) is 0.929. The molecule has 0 aromatic carbocycles. The highest BCUT2D eigenvalue weighted by molar-refractivity contribution is 5.76. The Morgan fingerprint density at radius 2 is 1.90 bits per heavy atom. The molecule has 0 aromatic rings. The molecule has 0 unspecified atom stereocenters. The van der Waals surface area contributed by atoms with Crippen molar-refractivity contribution >= 4 is 5.91 Å². The zero-order valence-corrected chi connectivity index (χ0v) is 12.5. The van der Waals surface area contributed by atoms with Crippen molar-refractivity contribution in [2.24, 2.45) is 5.73 Å². The van der Waals surface area contributed by atoms with Crippen molar-refractivity contribution in [3.05, 3.63) is 0 Å². The van der Waals surface area contributed by atoms with Gasteiger partial charge in [-0.15, -0.1) is 0 Å². The summed E-state index contributed by atoms with van der Waals surface area (Å²) in [5, 5.41) is 0. The Hall–Kier alpha value is -0.820. The molecular formula is C14H25F3N2O2. The maximum Gasteiger partial charge on any atom is 0.411 e. The predicted octanol–water partition coefficient (Wildman–Crippen LogP) is 2.46. The van der Waals surface area contributed by atoms with Gasteiger partial charge in [-0.2, -0.15) is 13.2 Å². The first kappa shape index (κ1) is 18.2. The maximum atomic E-state index is 12.2. The molecule has 0 aliphatic heterocycles. The van der Waals surface area contributed by atoms with Crippen LogP contribution in [0.5, 0.6) is 0 Å². The van der Waals surface area contributed by atoms with Gasteiger partial charge in [0.25, 0.3) is 0 Å². The summed E-state index contributed by atoms with van der Waals surface area (Å²) in [7, 11) is 0. The Labute approximate surface area is 123 Å². The van der Waals surface area contributed by atoms with Crippen molar-refractivity contribution in [3.63, 3.8) is 0 Å². The molecule has 21 heavy (non-hydrogen) atoms. The normalized spacial score (nSPS) is 23.1. The third kappa shape index (κ3) is 7.13. The number of ether oxygens (including phenoxy) is 1. The van der Waals surface area contributed by atoms with Crippen LogP contribution in [-0.4, -0.2) is 48.8 Å². The van der Waals surface area contributed by atoms with Crippen LogP contribution in [0.1, 0.15) is 45.4 Å². The van der Waals surface area contributed by atoms with Crippen molar-refractivity contribution in [1.82, 2.24) is 4.90 Å². The fourth-order valence-corrected chi connectivity index (χ4v) is 2.66. The zero-order chi connectivity index (χ0) is 15.9. The Kier molecular flexibility index (Phi) is 7.45. The van der Waals surface area contributed by atoms with Crippen LogP contribution in [0.2, 0.25) is 0 Å². The van der Waals surface area contributed by atoms with E-state index in [-0.39, 0.29) is 31.0 Å². The third-order valence-electron chi connectivity index (χ3n) is 3.69. The average molecular weight is 310 g/mol. The largest absolute Gasteiger partial charge is 0.411 e. The molecule has 0 spiro atoms. The second-order valence-corrected chi connectivity index (χ2v) is 5.57. The number of hydrogen-bond acceptors (Lipinski definition) is 3. The number of alkyl halides is 3. The maximum absolute atomic E-state index is 12.2. The molecule has 0 radical (unpaired) electrons. The molecule has 0 aromatic heterocycles. The molecule has 0 bridgehead atoms. The molecule has 0 saturated heterocycles. The molecule has 1 rings (SSSR count). The molecule has 1 amide bonds. The van der Waals surface area contributed by atoms with Crippen LogP contribution < -0.4 is 5.73 Å². The standard InChI is InChI=1S/C14H25F3N2O2/c1-2-8-19(12-5-3-11(18)4-6-12)13(20)7-9-21-10-14(15,16)17/h11-12H,2-10,18H2,1H3. The summed E-state index contributed by atoms with van der Waals surface area (Å²) >= 11 is 0. The van der Waals surface area contributed by atoms with Gasteiger partial charge in [0.2, 0.25) is 5.91 Å². The van der Waals surface area contributed by atoms with E-state index in [1.54, 1.807) is 4.90 Å². The molecular weight excluding hydrogens is 285 g/mol. The van der Waals surface area contributed by atoms with Gasteiger partial charge in [-0.3, -0.25) is 4.79 Å². The Morgan fingerprint density at radius 1 is 1.29 bits per heavy atom. The van der Waals surface area contributed by atoms with Gasteiger partial charge in [0.1, 0.15) is 6.61 Å². The van der Waals surface area contributed by atoms with Crippen LogP contribution in [0.3, 0.4) is 0 Å². The average Bonchev–Trinajstić information content (AvgIpc) is 2.41. The molecule has 1 aliphatic rings. The van der Waals surface area contributed by atoms with Crippen molar-refractivity contribution in [2.75, 3.05) is 19.8 Å². The van der Waals surface area contributed by atoms with E-state index in [0.717, 1.165) is 32.1 Å². The van der Waals surface area contributed by atoms with E-state index in [9.17, 15) is 18.0 Å². The summed E-state index contributed by atoms with van der Waals surface area (Å²) < 4.78 is 40.4. The van der Waals surface area contributed by atoms with E-state index in [0.29, 0.717) is 6.54 Å². The van der Waals surface area contributed by atoms with Crippen molar-refractivity contribution in [1.29, 1.82) is 0 Å². The summed E-state index contributed by atoms with van der Waals surface area (Å²) in [5.41, 5.74) is 5.86. The lowest BCUT2D eigenvalue weighted by Gasteiger charge is -2.36. The number of halogens is 3. The first-order valence-electron chi connectivity index (χ1n) is 7.53. The van der Waals surface area contributed by atoms with Crippen LogP contribution in [0.4, 0.5) is 13.2 Å². The topological polar surface area (TPSA) is 55.6 Å². The summed E-state index contributed by atoms with van der Waals surface area (Å²) in [6.07, 6.45) is 0.0140. The SMILES string of the molecule is CCCN(C(=O)CCOCC(F)(F)F)C1CCC(N)CC1. The van der Waals surface area contributed by atoms with E-state index < -0.39 is 12.8 Å². The molecule has 1 aliphatic carbocycles. The van der Waals surface area contributed by atoms with Crippen molar-refractivity contribution in [2.45, 2.75) is 63.7 Å². The highest BCUT2D eigenvalue weighted by Gasteiger charge is 2.29. The van der Waals surface area contributed by atoms with Crippen LogP contribution in [0.15, 0.2) is 0 Å². The smallest absolute Gasteiger partial charge is 0.372 e. The van der Waals surface area contributed by atoms with Gasteiger partial charge in [0.15, 0.2) is 0 Å². The van der Waals surface area contributed by atoms with Gasteiger partial charge in [0, 0.05) is 18.6 Å². The summed E-state index contributed by atoms with van der Waals surface area (Å²) in [4.78, 5) is 14.0. The van der Waals surface area contributed by atoms with Gasteiger partial charge in [-0.1, -0.05) is 6.92 Å². The second-order valence-electron chi connectivity index (χ2n) is 5.57. The Balaban J connectivity index is 2.38. The lowest BCUT2D eigenvalue weighted by atomic mass is 9.90. The number of nitrogens with two attached hydrogens (primary N) is 1. The summed E-state index contributed by atoms with van der Waals surface area (Å²) in [5.74, 6) is -0.125. The molecule has 4 nitrogen and oxygen atoms in total. The Bertz CT molecular complexity index is 316. The van der Waals surface area contributed by atoms with Crippen molar-refractivity contribution in [3.8, 4) is 0 Å². The molecule has 7 heteroatoms. The molecule has 0 heterocycles. The number of rotatable bonds is 7. The number of carbonyl (C=O) groups excluding carboxylic acids is 1. The molecule has 2 N–H and O–H groups in total. The fourth-order valence-electron chi connectivity index (χ4n) is 2.66. The summed E-state index contributed by atoms with van der Waals surface area (Å²) in [6, 6.07) is 0.370. The van der Waals surface area contributed by atoms with Crippen LogP contribution in [-0.2, 0) is 9.53 Å². The van der Waals surface area contributed by atoms with Crippen LogP contribution >= 0.6 is 0 Å². The molecule has 0 atom stereocenters. The van der Waals surface area contributed by atoms with Crippen LogP contribution in [0, 0.1) is 0 Å². The van der Waals surface area contributed by atoms with Gasteiger partial charge in [0.05, 0.1) is 13.0 Å². The Morgan fingerprint density at radius 3 is 2.43 bits per heavy atom. The minimum Gasteiger partial charge on any atom is -0.372 e. The lowest BCUT2D eigenvalue weighted by molar-refractivity contribution is -0.175. The predicted molar refractivity (Wildman–Crippen MR) is 73.7 cm³/mol. The highest BCUT2D eigenvalue weighted by Crippen LogP contribution is 2.23. The first-order chi connectivity index (χ1) is 9.83. The third-order valence-corrected chi connectivity index (χ3v) is 3.69. The second kappa shape index (κ2) is 8.58. The number of hydrogen-bond donors (Lipinski definition) is 1. The lowest BCUT2D eigenvalue weighted by Crippen LogP contribution is -2.45. The minimum atomic E-state index is -4.34. The highest BCUT2D eigenvalue weighted by atomic mass is 19.4. The number of amides is 1. The van der Waals surface area contributed by atoms with E-state index in [4.69, 9.17) is 5.73 Å². The summed E-state index contributed by atoms with van der Waals surface area (Å²) in [6.45, 7) is 1.13. The molecule has 1 fully saturated rings. The zero-order valence-electron chi connectivity index (χ0n) is 12.5. The van der Waals surface area contributed by atoms with Gasteiger partial charge in [-0.25, -0.2) is 0 Å². The van der Waals surface area contributed by atoms with E-state index in [1.165, 1.54) is 0 Å². The van der Waals surface area contributed by atoms with E-state index in [2.05, 4.69) is 4.74 Å². The minimum absolute atomic E-state index is 0.00136. The molecule has 124 valence electrons. The van der Waals surface area contributed by atoms with Gasteiger partial charge in [-0.05, 0) is 32.1 Å². The van der Waals surface area contributed by atoms with E-state index in [1.807, 2.05) is 6.92 Å².